The number of benzene rings is 2. The van der Waals surface area contributed by atoms with Gasteiger partial charge < -0.3 is 15.1 Å². The van der Waals surface area contributed by atoms with Crippen LogP contribution in [-0.4, -0.2) is 108 Å². The molecule has 20 heteroatoms. The number of thiazole rings is 1. The quantitative estimate of drug-likeness (QED) is 0.245. The number of anilines is 3. The van der Waals surface area contributed by atoms with Crippen molar-refractivity contribution >= 4 is 71.5 Å². The third-order valence-corrected chi connectivity index (χ3v) is 14.8. The number of sulfonamides is 1. The van der Waals surface area contributed by atoms with Gasteiger partial charge in [0.15, 0.2) is 25.7 Å². The second kappa shape index (κ2) is 12.5. The standard InChI is InChI=1S/C32H29B3F3N7O4S3/c33-32(34,35)44-13-18-7-8-19(14-44)45(18)30-42-26(20-3-1-6-23(25(20)38)43-52(48,49)28-21(36)4-2-5-22(28)37)27(50-30)24-9-10-39-29(41-24)40-17-11-31(12-17)15-51(46,47)16-31/h1-6,9-10,17-19,43H,7-8,11-16H2,(H,39,40,41). The summed E-state index contributed by atoms with van der Waals surface area (Å²) >= 11 is 1.27. The maximum absolute atomic E-state index is 16.5. The smallest absolute Gasteiger partial charge is 0.267 e. The summed E-state index contributed by atoms with van der Waals surface area (Å²) in [5, 5.41) is 2.34. The van der Waals surface area contributed by atoms with E-state index < -0.39 is 53.1 Å². The molecule has 2 atom stereocenters. The van der Waals surface area contributed by atoms with Gasteiger partial charge in [0.05, 0.1) is 57.0 Å². The van der Waals surface area contributed by atoms with E-state index in [0.717, 1.165) is 37.1 Å². The minimum atomic E-state index is -4.88. The Morgan fingerprint density at radius 2 is 1.60 bits per heavy atom. The fourth-order valence-corrected chi connectivity index (χ4v) is 12.6. The number of nitrogens with one attached hydrogen (secondary N) is 2. The lowest BCUT2D eigenvalue weighted by molar-refractivity contribution is 0.153. The van der Waals surface area contributed by atoms with Crippen LogP contribution in [-0.2, 0) is 19.9 Å². The highest BCUT2D eigenvalue weighted by Crippen LogP contribution is 2.51. The molecule has 4 aromatic rings. The Morgan fingerprint density at radius 1 is 0.942 bits per heavy atom. The van der Waals surface area contributed by atoms with Crippen molar-refractivity contribution < 1.29 is 30.0 Å². The van der Waals surface area contributed by atoms with Crippen LogP contribution in [0.3, 0.4) is 0 Å². The molecule has 3 saturated heterocycles. The van der Waals surface area contributed by atoms with E-state index in [1.165, 1.54) is 23.5 Å². The van der Waals surface area contributed by atoms with Gasteiger partial charge in [0.1, 0.15) is 11.6 Å². The monoisotopic (exact) mass is 761 g/mol. The first-order valence-corrected chi connectivity index (χ1v) is 20.6. The van der Waals surface area contributed by atoms with E-state index in [2.05, 4.69) is 15.2 Å². The number of sulfone groups is 1. The van der Waals surface area contributed by atoms with Gasteiger partial charge in [0.25, 0.3) is 10.0 Å². The van der Waals surface area contributed by atoms with Crippen molar-refractivity contribution in [2.45, 2.75) is 53.9 Å². The molecule has 2 N–H and O–H groups in total. The van der Waals surface area contributed by atoms with Crippen molar-refractivity contribution in [2.75, 3.05) is 39.5 Å². The Balaban J connectivity index is 1.15. The second-order valence-electron chi connectivity index (χ2n) is 14.1. The van der Waals surface area contributed by atoms with Crippen molar-refractivity contribution in [2.24, 2.45) is 5.41 Å². The summed E-state index contributed by atoms with van der Waals surface area (Å²) in [5.41, 5.74) is -0.248. The number of nitrogens with zero attached hydrogens (tertiary/aromatic N) is 5. The van der Waals surface area contributed by atoms with E-state index in [1.54, 1.807) is 17.2 Å². The Bertz CT molecular complexity index is 2260. The van der Waals surface area contributed by atoms with E-state index in [1.807, 2.05) is 4.72 Å². The van der Waals surface area contributed by atoms with Crippen LogP contribution >= 0.6 is 11.3 Å². The van der Waals surface area contributed by atoms with Crippen LogP contribution in [0.2, 0.25) is 0 Å². The molecule has 0 amide bonds. The summed E-state index contributed by atoms with van der Waals surface area (Å²) in [6, 6.07) is 8.11. The summed E-state index contributed by atoms with van der Waals surface area (Å²) < 4.78 is 97.2. The van der Waals surface area contributed by atoms with Crippen molar-refractivity contribution in [1.29, 1.82) is 0 Å². The lowest BCUT2D eigenvalue weighted by atomic mass is 9.48. The summed E-state index contributed by atoms with van der Waals surface area (Å²) in [4.78, 5) is 17.2. The Labute approximate surface area is 307 Å². The number of fused-ring (bicyclic) bond motifs is 2. The molecular weight excluding hydrogens is 732 g/mol. The van der Waals surface area contributed by atoms with E-state index in [-0.39, 0.29) is 46.3 Å². The van der Waals surface area contributed by atoms with Gasteiger partial charge in [-0.3, -0.25) is 4.72 Å². The first kappa shape index (κ1) is 35.4. The number of halogens is 3. The maximum atomic E-state index is 16.5. The Kier molecular flexibility index (Phi) is 8.51. The predicted molar refractivity (Wildman–Crippen MR) is 194 cm³/mol. The molecule has 8 rings (SSSR count). The minimum Gasteiger partial charge on any atom is -0.351 e. The average Bonchev–Trinajstić information content (AvgIpc) is 3.57. The lowest BCUT2D eigenvalue weighted by Gasteiger charge is -2.53. The van der Waals surface area contributed by atoms with Gasteiger partial charge in [-0.25, -0.2) is 45.0 Å². The number of rotatable bonds is 9. The van der Waals surface area contributed by atoms with Gasteiger partial charge in [0, 0.05) is 48.4 Å². The summed E-state index contributed by atoms with van der Waals surface area (Å²) in [6.45, 7) is 0.933. The zero-order valence-electron chi connectivity index (χ0n) is 27.5. The van der Waals surface area contributed by atoms with Crippen LogP contribution in [0.5, 0.6) is 0 Å². The zero-order valence-corrected chi connectivity index (χ0v) is 29.9. The molecule has 1 spiro atoms. The van der Waals surface area contributed by atoms with E-state index in [9.17, 15) is 25.6 Å². The molecule has 52 heavy (non-hydrogen) atoms. The highest BCUT2D eigenvalue weighted by atomic mass is 32.2. The lowest BCUT2D eigenvalue weighted by Crippen LogP contribution is -2.62. The van der Waals surface area contributed by atoms with Crippen LogP contribution in [0.4, 0.5) is 29.9 Å². The van der Waals surface area contributed by atoms with Crippen molar-refractivity contribution in [1.82, 2.24) is 19.9 Å². The van der Waals surface area contributed by atoms with Crippen LogP contribution in [0.15, 0.2) is 53.6 Å². The normalized spacial score (nSPS) is 22.6. The molecule has 2 aromatic heterocycles. The molecular formula is C32H29B3F3N7O4S3. The number of aromatic nitrogens is 3. The van der Waals surface area contributed by atoms with Gasteiger partial charge in [-0.05, 0) is 56.0 Å². The molecule has 4 aliphatic rings. The molecule has 1 aliphatic carbocycles. The van der Waals surface area contributed by atoms with Gasteiger partial charge in [-0.1, -0.05) is 28.7 Å². The highest BCUT2D eigenvalue weighted by Gasteiger charge is 2.56. The van der Waals surface area contributed by atoms with E-state index >= 15 is 4.39 Å². The average molecular weight is 761 g/mol. The SMILES string of the molecule is [B]C([B])([B])N1CC2CCC(C1)N2c1nc(-c2cccc(NS(=O)(=O)c3c(F)cccc3F)c2F)c(-c2ccnc(NC3CC4(C3)CS(=O)(=O)C4)n2)s1. The van der Waals surface area contributed by atoms with Crippen molar-refractivity contribution in [3.8, 4) is 21.8 Å². The molecule has 1 saturated carbocycles. The third kappa shape index (κ3) is 6.38. The number of hydrogen-bond donors (Lipinski definition) is 2. The van der Waals surface area contributed by atoms with Gasteiger partial charge in [-0.15, -0.1) is 0 Å². The molecule has 2 unspecified atom stereocenters. The molecule has 6 radical (unpaired) electrons. The fourth-order valence-electron chi connectivity index (χ4n) is 7.99. The first-order valence-electron chi connectivity index (χ1n) is 16.5. The predicted octanol–water partition coefficient (Wildman–Crippen LogP) is 3.24. The van der Waals surface area contributed by atoms with Gasteiger partial charge >= 0.3 is 0 Å². The van der Waals surface area contributed by atoms with E-state index in [4.69, 9.17) is 33.5 Å². The molecule has 2 bridgehead atoms. The first-order chi connectivity index (χ1) is 24.5. The number of likely N-dealkylation sites (tertiary alicyclic amines) is 1. The van der Waals surface area contributed by atoms with E-state index in [0.29, 0.717) is 47.6 Å². The van der Waals surface area contributed by atoms with Gasteiger partial charge in [0.2, 0.25) is 5.95 Å². The molecule has 5 heterocycles. The van der Waals surface area contributed by atoms with Crippen LogP contribution in [0.25, 0.3) is 21.8 Å². The largest absolute Gasteiger partial charge is 0.351 e. The summed E-state index contributed by atoms with van der Waals surface area (Å²) in [5.74, 6) is -3.01. The van der Waals surface area contributed by atoms with Crippen LogP contribution < -0.4 is 14.9 Å². The van der Waals surface area contributed by atoms with Crippen LogP contribution in [0.1, 0.15) is 25.7 Å². The minimum absolute atomic E-state index is 0.0182. The topological polar surface area (TPSA) is 137 Å². The van der Waals surface area contributed by atoms with Gasteiger partial charge in [-0.2, -0.15) is 0 Å². The highest BCUT2D eigenvalue weighted by molar-refractivity contribution is 7.93. The Morgan fingerprint density at radius 3 is 2.23 bits per heavy atom. The number of hydrogen-bond acceptors (Lipinski definition) is 11. The molecule has 2 aromatic carbocycles. The zero-order chi connectivity index (χ0) is 36.8. The number of piperazine rings is 1. The van der Waals surface area contributed by atoms with Crippen molar-refractivity contribution in [3.63, 3.8) is 0 Å². The molecule has 11 nitrogen and oxygen atoms in total. The molecule has 264 valence electrons. The second-order valence-corrected chi connectivity index (χ2v) is 18.8. The summed E-state index contributed by atoms with van der Waals surface area (Å²) in [7, 11) is 10.2. The van der Waals surface area contributed by atoms with Crippen molar-refractivity contribution in [3.05, 3.63) is 66.1 Å². The summed E-state index contributed by atoms with van der Waals surface area (Å²) in [6.07, 6.45) is 4.51. The molecule has 3 aliphatic heterocycles. The van der Waals surface area contributed by atoms with Crippen LogP contribution in [0, 0.1) is 22.9 Å². The third-order valence-electron chi connectivity index (χ3n) is 10.2. The molecule has 4 fully saturated rings. The fraction of sp³-hybridized carbons (Fsp3) is 0.406. The Hall–Kier alpha value is -3.61. The maximum Gasteiger partial charge on any atom is 0.267 e.